The number of allylic oxidation sites excluding steroid dienone is 1. The maximum Gasteiger partial charge on any atom is 0.258 e. The highest BCUT2D eigenvalue weighted by molar-refractivity contribution is 5.57. The van der Waals surface area contributed by atoms with Crippen molar-refractivity contribution in [3.63, 3.8) is 0 Å². The number of rotatable bonds is 3. The van der Waals surface area contributed by atoms with Crippen LogP contribution < -0.4 is 25.5 Å². The molecule has 0 saturated carbocycles. The van der Waals surface area contributed by atoms with Gasteiger partial charge in [-0.3, -0.25) is 4.79 Å². The number of hydrogen-bond acceptors (Lipinski definition) is 6. The summed E-state index contributed by atoms with van der Waals surface area (Å²) in [5.74, 6) is 0.755. The molecule has 1 atom stereocenters. The van der Waals surface area contributed by atoms with Crippen molar-refractivity contribution < 1.29 is 14.2 Å². The van der Waals surface area contributed by atoms with Gasteiger partial charge < -0.3 is 24.5 Å². The van der Waals surface area contributed by atoms with Crippen LogP contribution in [0.25, 0.3) is 0 Å². The molecule has 1 aliphatic rings. The van der Waals surface area contributed by atoms with E-state index in [0.717, 1.165) is 5.69 Å². The third kappa shape index (κ3) is 2.56. The molecule has 0 aliphatic carbocycles. The molecule has 2 N–H and O–H groups in total. The summed E-state index contributed by atoms with van der Waals surface area (Å²) in [5.41, 5.74) is 7.71. The van der Waals surface area contributed by atoms with Crippen LogP contribution in [0.15, 0.2) is 40.5 Å². The Morgan fingerprint density at radius 1 is 1.23 bits per heavy atom. The summed E-state index contributed by atoms with van der Waals surface area (Å²) in [5, 5.41) is 9.63. The van der Waals surface area contributed by atoms with Gasteiger partial charge >= 0.3 is 0 Å². The Morgan fingerprint density at radius 2 is 1.92 bits per heavy atom. The largest absolute Gasteiger partial charge is 0.493 e. The zero-order chi connectivity index (χ0) is 19.0. The van der Waals surface area contributed by atoms with Crippen LogP contribution in [-0.4, -0.2) is 18.8 Å². The van der Waals surface area contributed by atoms with E-state index in [1.165, 1.54) is 11.7 Å². The lowest BCUT2D eigenvalue weighted by Crippen LogP contribution is -2.31. The number of methoxy groups -OCH3 is 2. The fraction of sp³-hybridized carbons (Fsp3) is 0.263. The minimum atomic E-state index is -0.650. The van der Waals surface area contributed by atoms with Crippen molar-refractivity contribution in [3.8, 4) is 23.3 Å². The zero-order valence-corrected chi connectivity index (χ0v) is 15.0. The van der Waals surface area contributed by atoms with Crippen LogP contribution in [0.2, 0.25) is 0 Å². The first kappa shape index (κ1) is 17.4. The van der Waals surface area contributed by atoms with Gasteiger partial charge in [-0.15, -0.1) is 0 Å². The van der Waals surface area contributed by atoms with E-state index < -0.39 is 5.92 Å². The molecule has 0 fully saturated rings. The van der Waals surface area contributed by atoms with Crippen LogP contribution in [0.1, 0.15) is 22.7 Å². The van der Waals surface area contributed by atoms with Crippen LogP contribution in [0.5, 0.6) is 17.2 Å². The van der Waals surface area contributed by atoms with Crippen LogP contribution >= 0.6 is 0 Å². The number of benzene rings is 1. The average molecular weight is 353 g/mol. The zero-order valence-electron chi connectivity index (χ0n) is 15.0. The lowest BCUT2D eigenvalue weighted by atomic mass is 9.84. The fourth-order valence-electron chi connectivity index (χ4n) is 3.11. The molecule has 3 rings (SSSR count). The molecular weight excluding hydrogens is 334 g/mol. The van der Waals surface area contributed by atoms with E-state index in [0.29, 0.717) is 28.4 Å². The van der Waals surface area contributed by atoms with Crippen molar-refractivity contribution in [2.45, 2.75) is 12.8 Å². The van der Waals surface area contributed by atoms with Crippen LogP contribution in [0.4, 0.5) is 0 Å². The number of ether oxygens (including phenoxy) is 3. The number of nitrogens with two attached hydrogens (primary N) is 1. The van der Waals surface area contributed by atoms with E-state index in [1.807, 2.05) is 0 Å². The van der Waals surface area contributed by atoms with Crippen molar-refractivity contribution in [2.75, 3.05) is 14.2 Å². The van der Waals surface area contributed by atoms with Crippen molar-refractivity contribution in [1.82, 2.24) is 4.57 Å². The number of aryl methyl sites for hydroxylation is 1. The average Bonchev–Trinajstić information content (AvgIpc) is 2.64. The molecule has 2 aromatic rings. The SMILES string of the molecule is COc1ccc([C@@H]2C(C#N)=C(N)Oc3cc(C)n(C)c(=O)c32)cc1OC. The minimum Gasteiger partial charge on any atom is -0.493 e. The van der Waals surface area contributed by atoms with Gasteiger partial charge in [-0.1, -0.05) is 6.07 Å². The van der Waals surface area contributed by atoms with Crippen LogP contribution in [0.3, 0.4) is 0 Å². The molecule has 26 heavy (non-hydrogen) atoms. The van der Waals surface area contributed by atoms with E-state index in [2.05, 4.69) is 6.07 Å². The molecule has 0 bridgehead atoms. The summed E-state index contributed by atoms with van der Waals surface area (Å²) < 4.78 is 17.7. The number of aromatic nitrogens is 1. The van der Waals surface area contributed by atoms with Gasteiger partial charge in [0.2, 0.25) is 5.88 Å². The molecule has 0 unspecified atom stereocenters. The molecule has 1 aromatic heterocycles. The number of nitriles is 1. The molecule has 1 aromatic carbocycles. The van der Waals surface area contributed by atoms with Gasteiger partial charge in [-0.05, 0) is 24.6 Å². The quantitative estimate of drug-likeness (QED) is 0.905. The van der Waals surface area contributed by atoms with Gasteiger partial charge in [0.05, 0.1) is 25.7 Å². The Balaban J connectivity index is 2.32. The Morgan fingerprint density at radius 3 is 2.54 bits per heavy atom. The maximum absolute atomic E-state index is 12.9. The Kier molecular flexibility index (Phi) is 4.34. The van der Waals surface area contributed by atoms with Crippen molar-refractivity contribution in [3.05, 3.63) is 62.9 Å². The molecule has 1 aliphatic heterocycles. The van der Waals surface area contributed by atoms with Gasteiger partial charge in [0, 0.05) is 18.8 Å². The van der Waals surface area contributed by atoms with Crippen molar-refractivity contribution in [2.24, 2.45) is 12.8 Å². The minimum absolute atomic E-state index is 0.00700. The third-order valence-electron chi connectivity index (χ3n) is 4.59. The molecule has 0 saturated heterocycles. The standard InChI is InChI=1S/C19H19N3O4/c1-10-7-15-17(19(23)22(10)2)16(12(9-20)18(21)26-15)11-5-6-13(24-3)14(8-11)25-4/h5-8,16H,21H2,1-4H3/t16-/m1/s1. The smallest absolute Gasteiger partial charge is 0.258 e. The molecule has 7 nitrogen and oxygen atoms in total. The first-order chi connectivity index (χ1) is 12.4. The highest BCUT2D eigenvalue weighted by atomic mass is 16.5. The molecular formula is C19H19N3O4. The highest BCUT2D eigenvalue weighted by Crippen LogP contribution is 2.42. The van der Waals surface area contributed by atoms with E-state index >= 15 is 0 Å². The van der Waals surface area contributed by atoms with E-state index in [9.17, 15) is 10.1 Å². The van der Waals surface area contributed by atoms with E-state index in [1.54, 1.807) is 45.3 Å². The molecule has 0 radical (unpaired) electrons. The van der Waals surface area contributed by atoms with E-state index in [4.69, 9.17) is 19.9 Å². The Labute approximate surface area is 150 Å². The Hall–Kier alpha value is -3.40. The summed E-state index contributed by atoms with van der Waals surface area (Å²) in [6.07, 6.45) is 0. The van der Waals surface area contributed by atoms with Gasteiger partial charge in [-0.25, -0.2) is 0 Å². The van der Waals surface area contributed by atoms with Gasteiger partial charge in [0.15, 0.2) is 11.5 Å². The summed E-state index contributed by atoms with van der Waals surface area (Å²) in [6, 6.07) is 9.07. The topological polar surface area (TPSA) is 99.5 Å². The lowest BCUT2D eigenvalue weighted by molar-refractivity contribution is 0.354. The predicted molar refractivity (Wildman–Crippen MR) is 95.3 cm³/mol. The molecule has 2 heterocycles. The Bertz CT molecular complexity index is 1010. The summed E-state index contributed by atoms with van der Waals surface area (Å²) >= 11 is 0. The maximum atomic E-state index is 12.9. The number of fused-ring (bicyclic) bond motifs is 1. The molecule has 134 valence electrons. The monoisotopic (exact) mass is 353 g/mol. The highest BCUT2D eigenvalue weighted by Gasteiger charge is 2.34. The van der Waals surface area contributed by atoms with Crippen molar-refractivity contribution in [1.29, 1.82) is 5.26 Å². The van der Waals surface area contributed by atoms with Crippen LogP contribution in [-0.2, 0) is 7.05 Å². The fourth-order valence-corrected chi connectivity index (χ4v) is 3.11. The second-order valence-corrected chi connectivity index (χ2v) is 5.97. The number of nitrogens with zero attached hydrogens (tertiary/aromatic N) is 2. The normalized spacial score (nSPS) is 15.7. The van der Waals surface area contributed by atoms with Crippen LogP contribution in [0, 0.1) is 18.3 Å². The molecule has 0 spiro atoms. The third-order valence-corrected chi connectivity index (χ3v) is 4.59. The van der Waals surface area contributed by atoms with Gasteiger partial charge in [0.1, 0.15) is 17.4 Å². The van der Waals surface area contributed by atoms with Crippen molar-refractivity contribution >= 4 is 0 Å². The first-order valence-electron chi connectivity index (χ1n) is 7.93. The number of pyridine rings is 1. The summed E-state index contributed by atoms with van der Waals surface area (Å²) in [4.78, 5) is 12.9. The number of hydrogen-bond donors (Lipinski definition) is 1. The lowest BCUT2D eigenvalue weighted by Gasteiger charge is -2.27. The molecule has 7 heteroatoms. The van der Waals surface area contributed by atoms with Gasteiger partial charge in [-0.2, -0.15) is 5.26 Å². The predicted octanol–water partition coefficient (Wildman–Crippen LogP) is 1.93. The van der Waals surface area contributed by atoms with Gasteiger partial charge in [0.25, 0.3) is 5.56 Å². The molecule has 0 amide bonds. The summed E-state index contributed by atoms with van der Waals surface area (Å²) in [6.45, 7) is 1.80. The summed E-state index contributed by atoms with van der Waals surface area (Å²) in [7, 11) is 4.74. The van der Waals surface area contributed by atoms with E-state index in [-0.39, 0.29) is 17.0 Å². The first-order valence-corrected chi connectivity index (χ1v) is 7.93. The second-order valence-electron chi connectivity index (χ2n) is 5.97. The second kappa shape index (κ2) is 6.48.